The van der Waals surface area contributed by atoms with Gasteiger partial charge in [-0.25, -0.2) is 0 Å². The molecule has 1 fully saturated rings. The molecule has 0 aliphatic heterocycles. The van der Waals surface area contributed by atoms with Crippen LogP contribution in [0.3, 0.4) is 0 Å². The van der Waals surface area contributed by atoms with E-state index in [4.69, 9.17) is 4.74 Å². The van der Waals surface area contributed by atoms with Crippen LogP contribution in [-0.2, 0) is 4.74 Å². The zero-order valence-electron chi connectivity index (χ0n) is 9.28. The van der Waals surface area contributed by atoms with Gasteiger partial charge in [0.05, 0.1) is 12.1 Å². The van der Waals surface area contributed by atoms with Gasteiger partial charge in [-0.15, -0.1) is 0 Å². The number of hydrogen-bond acceptors (Lipinski definition) is 2. The van der Waals surface area contributed by atoms with Gasteiger partial charge in [-0.1, -0.05) is 31.0 Å². The fourth-order valence-electron chi connectivity index (χ4n) is 2.29. The molecule has 0 spiro atoms. The van der Waals surface area contributed by atoms with Crippen molar-refractivity contribution in [2.75, 3.05) is 12.4 Å². The maximum Gasteiger partial charge on any atom is 0.0772 e. The van der Waals surface area contributed by atoms with Gasteiger partial charge in [-0.2, -0.15) is 0 Å². The standard InChI is InChI=1S/C13H19NO/c1-15-13-10-6-5-9-12(13)14-11-7-3-2-4-8-11/h2-4,7-8,12-14H,5-6,9-10H2,1H3/t12-,13+/m0/s1. The average molecular weight is 205 g/mol. The predicted molar refractivity (Wildman–Crippen MR) is 63.1 cm³/mol. The summed E-state index contributed by atoms with van der Waals surface area (Å²) in [7, 11) is 1.82. The first-order valence-corrected chi connectivity index (χ1v) is 5.74. The fraction of sp³-hybridized carbons (Fsp3) is 0.538. The maximum absolute atomic E-state index is 5.51. The number of methoxy groups -OCH3 is 1. The lowest BCUT2D eigenvalue weighted by molar-refractivity contribution is 0.0606. The van der Waals surface area contributed by atoms with Gasteiger partial charge >= 0.3 is 0 Å². The van der Waals surface area contributed by atoms with Crippen molar-refractivity contribution in [1.29, 1.82) is 0 Å². The van der Waals surface area contributed by atoms with Gasteiger partial charge < -0.3 is 10.1 Å². The number of rotatable bonds is 3. The minimum Gasteiger partial charge on any atom is -0.380 e. The van der Waals surface area contributed by atoms with Crippen LogP contribution in [0.25, 0.3) is 0 Å². The van der Waals surface area contributed by atoms with E-state index in [0.717, 1.165) is 0 Å². The number of ether oxygens (including phenoxy) is 1. The number of para-hydroxylation sites is 1. The van der Waals surface area contributed by atoms with Crippen LogP contribution in [0, 0.1) is 0 Å². The Kier molecular flexibility index (Phi) is 3.62. The van der Waals surface area contributed by atoms with Gasteiger partial charge in [-0.05, 0) is 25.0 Å². The highest BCUT2D eigenvalue weighted by atomic mass is 16.5. The van der Waals surface area contributed by atoms with E-state index < -0.39 is 0 Å². The van der Waals surface area contributed by atoms with Crippen molar-refractivity contribution in [3.05, 3.63) is 30.3 Å². The molecule has 1 aromatic rings. The maximum atomic E-state index is 5.51. The van der Waals surface area contributed by atoms with Crippen LogP contribution in [0.15, 0.2) is 30.3 Å². The van der Waals surface area contributed by atoms with E-state index >= 15 is 0 Å². The van der Waals surface area contributed by atoms with Crippen LogP contribution in [0.1, 0.15) is 25.7 Å². The minimum atomic E-state index is 0.374. The molecule has 0 radical (unpaired) electrons. The summed E-state index contributed by atoms with van der Waals surface area (Å²) in [6.45, 7) is 0. The fourth-order valence-corrected chi connectivity index (χ4v) is 2.29. The zero-order chi connectivity index (χ0) is 10.5. The van der Waals surface area contributed by atoms with E-state index in [2.05, 4.69) is 29.6 Å². The quantitative estimate of drug-likeness (QED) is 0.819. The molecule has 0 saturated heterocycles. The molecule has 2 heteroatoms. The first-order valence-electron chi connectivity index (χ1n) is 5.74. The predicted octanol–water partition coefficient (Wildman–Crippen LogP) is 3.06. The molecule has 2 rings (SSSR count). The second-order valence-electron chi connectivity index (χ2n) is 4.18. The van der Waals surface area contributed by atoms with Crippen LogP contribution in [0.5, 0.6) is 0 Å². The molecule has 0 amide bonds. The molecule has 0 unspecified atom stereocenters. The molecule has 82 valence electrons. The lowest BCUT2D eigenvalue weighted by atomic mass is 9.92. The summed E-state index contributed by atoms with van der Waals surface area (Å²) < 4.78 is 5.51. The van der Waals surface area contributed by atoms with E-state index in [1.807, 2.05) is 13.2 Å². The molecule has 1 N–H and O–H groups in total. The van der Waals surface area contributed by atoms with Crippen LogP contribution in [0.4, 0.5) is 5.69 Å². The topological polar surface area (TPSA) is 21.3 Å². The number of anilines is 1. The molecule has 1 aliphatic rings. The molecule has 15 heavy (non-hydrogen) atoms. The van der Waals surface area contributed by atoms with Gasteiger partial charge in [0, 0.05) is 12.8 Å². The Morgan fingerprint density at radius 3 is 2.60 bits per heavy atom. The lowest BCUT2D eigenvalue weighted by Gasteiger charge is -2.31. The van der Waals surface area contributed by atoms with Crippen molar-refractivity contribution in [2.24, 2.45) is 0 Å². The zero-order valence-corrected chi connectivity index (χ0v) is 9.28. The molecule has 0 heterocycles. The summed E-state index contributed by atoms with van der Waals surface area (Å²) in [6.07, 6.45) is 5.38. The molecule has 1 saturated carbocycles. The van der Waals surface area contributed by atoms with E-state index in [0.29, 0.717) is 12.1 Å². The Bertz CT molecular complexity index is 286. The van der Waals surface area contributed by atoms with Crippen LogP contribution in [-0.4, -0.2) is 19.3 Å². The summed E-state index contributed by atoms with van der Waals surface area (Å²) in [4.78, 5) is 0. The Hall–Kier alpha value is -1.02. The highest BCUT2D eigenvalue weighted by Gasteiger charge is 2.24. The second-order valence-corrected chi connectivity index (χ2v) is 4.18. The first kappa shape index (κ1) is 10.5. The lowest BCUT2D eigenvalue weighted by Crippen LogP contribution is -2.37. The number of nitrogens with one attached hydrogen (secondary N) is 1. The summed E-state index contributed by atoms with van der Waals surface area (Å²) >= 11 is 0. The molecule has 2 atom stereocenters. The van der Waals surface area contributed by atoms with Crippen molar-refractivity contribution in [1.82, 2.24) is 0 Å². The van der Waals surface area contributed by atoms with Gasteiger partial charge in [0.25, 0.3) is 0 Å². The molecule has 2 nitrogen and oxygen atoms in total. The SMILES string of the molecule is CO[C@@H]1CCCC[C@@H]1Nc1ccccc1. The van der Waals surface area contributed by atoms with Crippen molar-refractivity contribution >= 4 is 5.69 Å². The first-order chi connectivity index (χ1) is 7.40. The third-order valence-corrected chi connectivity index (χ3v) is 3.13. The Morgan fingerprint density at radius 1 is 1.13 bits per heavy atom. The Morgan fingerprint density at radius 2 is 1.87 bits per heavy atom. The summed E-state index contributed by atoms with van der Waals surface area (Å²) in [5, 5.41) is 3.56. The van der Waals surface area contributed by atoms with Crippen molar-refractivity contribution < 1.29 is 4.74 Å². The van der Waals surface area contributed by atoms with Gasteiger partial charge in [-0.3, -0.25) is 0 Å². The normalized spacial score (nSPS) is 26.2. The summed E-state index contributed by atoms with van der Waals surface area (Å²) in [6, 6.07) is 10.9. The van der Waals surface area contributed by atoms with E-state index in [9.17, 15) is 0 Å². The van der Waals surface area contributed by atoms with E-state index in [1.54, 1.807) is 0 Å². The highest BCUT2D eigenvalue weighted by molar-refractivity contribution is 5.43. The molecule has 0 bridgehead atoms. The van der Waals surface area contributed by atoms with Crippen LogP contribution in [0.2, 0.25) is 0 Å². The number of hydrogen-bond donors (Lipinski definition) is 1. The average Bonchev–Trinajstić information content (AvgIpc) is 2.31. The Balaban J connectivity index is 1.97. The van der Waals surface area contributed by atoms with Crippen molar-refractivity contribution in [2.45, 2.75) is 37.8 Å². The van der Waals surface area contributed by atoms with Gasteiger partial charge in [0.15, 0.2) is 0 Å². The minimum absolute atomic E-state index is 0.374. The van der Waals surface area contributed by atoms with E-state index in [-0.39, 0.29) is 0 Å². The Labute approximate surface area is 91.6 Å². The van der Waals surface area contributed by atoms with Gasteiger partial charge in [0.1, 0.15) is 0 Å². The third-order valence-electron chi connectivity index (χ3n) is 3.13. The largest absolute Gasteiger partial charge is 0.380 e. The van der Waals surface area contributed by atoms with Crippen molar-refractivity contribution in [3.8, 4) is 0 Å². The number of benzene rings is 1. The van der Waals surface area contributed by atoms with Gasteiger partial charge in [0.2, 0.25) is 0 Å². The third kappa shape index (κ3) is 2.72. The molecule has 0 aromatic heterocycles. The van der Waals surface area contributed by atoms with E-state index in [1.165, 1.54) is 31.4 Å². The highest BCUT2D eigenvalue weighted by Crippen LogP contribution is 2.23. The summed E-state index contributed by atoms with van der Waals surface area (Å²) in [5.74, 6) is 0. The molecular formula is C13H19NO. The van der Waals surface area contributed by atoms with Crippen LogP contribution < -0.4 is 5.32 Å². The second kappa shape index (κ2) is 5.17. The monoisotopic (exact) mass is 205 g/mol. The molecule has 1 aromatic carbocycles. The van der Waals surface area contributed by atoms with Crippen LogP contribution >= 0.6 is 0 Å². The summed E-state index contributed by atoms with van der Waals surface area (Å²) in [5.41, 5.74) is 1.20. The van der Waals surface area contributed by atoms with Crippen molar-refractivity contribution in [3.63, 3.8) is 0 Å². The molecule has 1 aliphatic carbocycles. The molecular weight excluding hydrogens is 186 g/mol. The smallest absolute Gasteiger partial charge is 0.0772 e.